The third-order valence-electron chi connectivity index (χ3n) is 1.46. The summed E-state index contributed by atoms with van der Waals surface area (Å²) in [6.45, 7) is 0. The van der Waals surface area contributed by atoms with Crippen molar-refractivity contribution in [3.63, 3.8) is 0 Å². The first kappa shape index (κ1) is 9.18. The van der Waals surface area contributed by atoms with Gasteiger partial charge in [-0.1, -0.05) is 29.3 Å². The van der Waals surface area contributed by atoms with Gasteiger partial charge in [-0.25, -0.2) is 0 Å². The molecule has 4 heteroatoms. The number of hydrogen-bond acceptors (Lipinski definition) is 2. The van der Waals surface area contributed by atoms with Crippen LogP contribution in [0.3, 0.4) is 0 Å². The van der Waals surface area contributed by atoms with Crippen molar-refractivity contribution < 1.29 is 0 Å². The van der Waals surface area contributed by atoms with Crippen LogP contribution in [0.1, 0.15) is 5.56 Å². The topological polar surface area (TPSA) is 49.8 Å². The van der Waals surface area contributed by atoms with E-state index in [0.717, 1.165) is 0 Å². The van der Waals surface area contributed by atoms with Crippen LogP contribution in [0.2, 0.25) is 10.0 Å². The molecule has 0 heterocycles. The van der Waals surface area contributed by atoms with Crippen LogP contribution >= 0.6 is 23.2 Å². The molecule has 1 rings (SSSR count). The van der Waals surface area contributed by atoms with Gasteiger partial charge < -0.3 is 5.73 Å². The Kier molecular flexibility index (Phi) is 2.80. The van der Waals surface area contributed by atoms with Gasteiger partial charge >= 0.3 is 0 Å². The predicted molar refractivity (Wildman–Crippen MR) is 50.2 cm³/mol. The van der Waals surface area contributed by atoms with E-state index < -0.39 is 0 Å². The number of hydrogen-bond donors (Lipinski definition) is 1. The fraction of sp³-hybridized carbons (Fsp3) is 0.125. The number of nitriles is 1. The highest BCUT2D eigenvalue weighted by molar-refractivity contribution is 6.44. The standard InChI is InChI=1S/C8H6Cl2N2/c9-7-5(3-4-11)1-2-6(12)8(7)10/h1-2H,3,12H2. The molecule has 1 aromatic rings. The predicted octanol–water partition coefficient (Wildman–Crippen LogP) is 2.64. The number of nitrogens with two attached hydrogens (primary N) is 1. The zero-order chi connectivity index (χ0) is 9.14. The average Bonchev–Trinajstić information content (AvgIpc) is 2.07. The van der Waals surface area contributed by atoms with Gasteiger partial charge in [0.05, 0.1) is 28.2 Å². The summed E-state index contributed by atoms with van der Waals surface area (Å²) in [5.41, 5.74) is 6.63. The molecule has 0 amide bonds. The second-order valence-electron chi connectivity index (χ2n) is 2.28. The monoisotopic (exact) mass is 200 g/mol. The molecule has 0 radical (unpaired) electrons. The van der Waals surface area contributed by atoms with E-state index in [2.05, 4.69) is 0 Å². The summed E-state index contributed by atoms with van der Waals surface area (Å²) in [6.07, 6.45) is 0.249. The number of nitrogen functional groups attached to an aromatic ring is 1. The van der Waals surface area contributed by atoms with Crippen LogP contribution in [0, 0.1) is 11.3 Å². The van der Waals surface area contributed by atoms with Crippen molar-refractivity contribution in [3.8, 4) is 6.07 Å². The highest BCUT2D eigenvalue weighted by Crippen LogP contribution is 2.31. The van der Waals surface area contributed by atoms with Crippen molar-refractivity contribution in [3.05, 3.63) is 27.7 Å². The van der Waals surface area contributed by atoms with Crippen molar-refractivity contribution in [2.75, 3.05) is 5.73 Å². The summed E-state index contributed by atoms with van der Waals surface area (Å²) in [4.78, 5) is 0. The van der Waals surface area contributed by atoms with E-state index >= 15 is 0 Å². The Morgan fingerprint density at radius 1 is 1.33 bits per heavy atom. The lowest BCUT2D eigenvalue weighted by atomic mass is 10.1. The Morgan fingerprint density at radius 3 is 2.58 bits per heavy atom. The Morgan fingerprint density at radius 2 is 2.00 bits per heavy atom. The van der Waals surface area contributed by atoms with Crippen molar-refractivity contribution in [1.82, 2.24) is 0 Å². The second-order valence-corrected chi connectivity index (χ2v) is 3.03. The fourth-order valence-electron chi connectivity index (χ4n) is 0.826. The summed E-state index contributed by atoms with van der Waals surface area (Å²) >= 11 is 11.6. The number of anilines is 1. The van der Waals surface area contributed by atoms with Gasteiger partial charge in [0, 0.05) is 0 Å². The van der Waals surface area contributed by atoms with E-state index in [1.165, 1.54) is 0 Å². The molecule has 0 atom stereocenters. The number of nitrogens with zero attached hydrogens (tertiary/aromatic N) is 1. The molecule has 62 valence electrons. The molecule has 0 bridgehead atoms. The second kappa shape index (κ2) is 3.66. The highest BCUT2D eigenvalue weighted by atomic mass is 35.5. The summed E-state index contributed by atoms with van der Waals surface area (Å²) < 4.78 is 0. The first-order valence-corrected chi connectivity index (χ1v) is 4.01. The molecule has 1 aromatic carbocycles. The molecular weight excluding hydrogens is 195 g/mol. The van der Waals surface area contributed by atoms with E-state index in [0.29, 0.717) is 21.3 Å². The summed E-state index contributed by atoms with van der Waals surface area (Å²) in [6, 6.07) is 5.33. The molecule has 0 saturated heterocycles. The fourth-order valence-corrected chi connectivity index (χ4v) is 1.25. The van der Waals surface area contributed by atoms with Crippen LogP contribution in [0.4, 0.5) is 5.69 Å². The third kappa shape index (κ3) is 1.63. The summed E-state index contributed by atoms with van der Waals surface area (Å²) in [5, 5.41) is 9.12. The molecule has 0 aliphatic heterocycles. The third-order valence-corrected chi connectivity index (χ3v) is 2.40. The molecule has 2 nitrogen and oxygen atoms in total. The molecule has 0 unspecified atom stereocenters. The number of halogens is 2. The van der Waals surface area contributed by atoms with Crippen LogP contribution in [0.25, 0.3) is 0 Å². The summed E-state index contributed by atoms with van der Waals surface area (Å²) in [5.74, 6) is 0. The molecule has 2 N–H and O–H groups in total. The van der Waals surface area contributed by atoms with E-state index in [-0.39, 0.29) is 6.42 Å². The smallest absolute Gasteiger partial charge is 0.0824 e. The largest absolute Gasteiger partial charge is 0.397 e. The molecule has 0 aliphatic rings. The van der Waals surface area contributed by atoms with Gasteiger partial charge in [0.2, 0.25) is 0 Å². The van der Waals surface area contributed by atoms with Crippen LogP contribution in [-0.4, -0.2) is 0 Å². The van der Waals surface area contributed by atoms with E-state index in [4.69, 9.17) is 34.2 Å². The van der Waals surface area contributed by atoms with E-state index in [1.807, 2.05) is 6.07 Å². The lowest BCUT2D eigenvalue weighted by Crippen LogP contribution is -1.90. The number of rotatable bonds is 1. The minimum absolute atomic E-state index is 0.249. The normalized spacial score (nSPS) is 9.42. The molecular formula is C8H6Cl2N2. The van der Waals surface area contributed by atoms with Gasteiger partial charge in [-0.15, -0.1) is 0 Å². The van der Waals surface area contributed by atoms with Crippen molar-refractivity contribution in [2.45, 2.75) is 6.42 Å². The molecule has 0 aliphatic carbocycles. The first-order valence-electron chi connectivity index (χ1n) is 3.26. The van der Waals surface area contributed by atoms with Gasteiger partial charge in [-0.2, -0.15) is 5.26 Å². The maximum Gasteiger partial charge on any atom is 0.0824 e. The zero-order valence-corrected chi connectivity index (χ0v) is 7.65. The maximum atomic E-state index is 8.42. The van der Waals surface area contributed by atoms with Crippen molar-refractivity contribution >= 4 is 28.9 Å². The van der Waals surface area contributed by atoms with Crippen molar-refractivity contribution in [2.24, 2.45) is 0 Å². The molecule has 0 spiro atoms. The minimum atomic E-state index is 0.249. The Balaban J connectivity index is 3.19. The van der Waals surface area contributed by atoms with Gasteiger partial charge in [0.15, 0.2) is 0 Å². The quantitative estimate of drug-likeness (QED) is 0.710. The molecule has 12 heavy (non-hydrogen) atoms. The van der Waals surface area contributed by atoms with E-state index in [1.54, 1.807) is 12.1 Å². The van der Waals surface area contributed by atoms with Crippen LogP contribution in [0.15, 0.2) is 12.1 Å². The van der Waals surface area contributed by atoms with Gasteiger partial charge in [-0.05, 0) is 11.6 Å². The van der Waals surface area contributed by atoms with E-state index in [9.17, 15) is 0 Å². The van der Waals surface area contributed by atoms with Gasteiger partial charge in [0.25, 0.3) is 0 Å². The first-order chi connectivity index (χ1) is 5.66. The van der Waals surface area contributed by atoms with Crippen LogP contribution in [0.5, 0.6) is 0 Å². The minimum Gasteiger partial charge on any atom is -0.397 e. The highest BCUT2D eigenvalue weighted by Gasteiger charge is 2.06. The Hall–Kier alpha value is -0.910. The molecule has 0 fully saturated rings. The van der Waals surface area contributed by atoms with Gasteiger partial charge in [-0.3, -0.25) is 0 Å². The van der Waals surface area contributed by atoms with Crippen LogP contribution < -0.4 is 5.73 Å². The van der Waals surface area contributed by atoms with Crippen molar-refractivity contribution in [1.29, 1.82) is 5.26 Å². The lowest BCUT2D eigenvalue weighted by Gasteiger charge is -2.03. The summed E-state index contributed by atoms with van der Waals surface area (Å²) in [7, 11) is 0. The van der Waals surface area contributed by atoms with Gasteiger partial charge in [0.1, 0.15) is 0 Å². The van der Waals surface area contributed by atoms with Crippen LogP contribution in [-0.2, 0) is 6.42 Å². The number of benzene rings is 1. The SMILES string of the molecule is N#CCc1ccc(N)c(Cl)c1Cl. The Labute approximate surface area is 80.5 Å². The average molecular weight is 201 g/mol. The zero-order valence-electron chi connectivity index (χ0n) is 6.14. The molecule has 0 aromatic heterocycles. The maximum absolute atomic E-state index is 8.42. The molecule has 0 saturated carbocycles. The Bertz CT molecular complexity index is 342. The lowest BCUT2D eigenvalue weighted by molar-refractivity contribution is 1.26.